The van der Waals surface area contributed by atoms with E-state index in [0.717, 1.165) is 36.5 Å². The number of amides is 1. The molecule has 29 heavy (non-hydrogen) atoms. The van der Waals surface area contributed by atoms with E-state index in [0.29, 0.717) is 17.2 Å². The summed E-state index contributed by atoms with van der Waals surface area (Å²) in [4.78, 5) is 14.8. The molecule has 3 aromatic rings. The Bertz CT molecular complexity index is 980. The lowest BCUT2D eigenvalue weighted by Crippen LogP contribution is -2.37. The quantitative estimate of drug-likeness (QED) is 0.673. The number of halogens is 1. The Kier molecular flexibility index (Phi) is 5.97. The van der Waals surface area contributed by atoms with Gasteiger partial charge in [-0.05, 0) is 38.9 Å². The highest BCUT2D eigenvalue weighted by Gasteiger charge is 2.26. The van der Waals surface area contributed by atoms with E-state index in [1.807, 2.05) is 43.3 Å². The molecule has 1 aromatic heterocycles. The SMILES string of the molecule is Cc1ccc(-c2nnc(NC(=O)C3CCN(Cc4ccccc4F)CC3)s2)cc1. The normalized spacial score (nSPS) is 15.4. The van der Waals surface area contributed by atoms with E-state index >= 15 is 0 Å². The fourth-order valence-electron chi connectivity index (χ4n) is 3.51. The lowest BCUT2D eigenvalue weighted by molar-refractivity contribution is -0.121. The Morgan fingerprint density at radius 1 is 1.14 bits per heavy atom. The van der Waals surface area contributed by atoms with E-state index in [1.54, 1.807) is 6.07 Å². The minimum atomic E-state index is -0.173. The van der Waals surface area contributed by atoms with E-state index in [2.05, 4.69) is 20.4 Å². The molecule has 0 spiro atoms. The first-order valence-corrected chi connectivity index (χ1v) is 10.6. The zero-order valence-corrected chi connectivity index (χ0v) is 17.1. The van der Waals surface area contributed by atoms with Crippen molar-refractivity contribution in [2.45, 2.75) is 26.3 Å². The highest BCUT2D eigenvalue weighted by Crippen LogP contribution is 2.28. The lowest BCUT2D eigenvalue weighted by atomic mass is 9.95. The van der Waals surface area contributed by atoms with Crippen molar-refractivity contribution in [2.24, 2.45) is 5.92 Å². The lowest BCUT2D eigenvalue weighted by Gasteiger charge is -2.31. The van der Waals surface area contributed by atoms with Gasteiger partial charge in [0.25, 0.3) is 0 Å². The number of carbonyl (C=O) groups is 1. The number of hydrogen-bond donors (Lipinski definition) is 1. The van der Waals surface area contributed by atoms with Gasteiger partial charge in [-0.15, -0.1) is 10.2 Å². The fourth-order valence-corrected chi connectivity index (χ4v) is 4.27. The maximum absolute atomic E-state index is 13.8. The van der Waals surface area contributed by atoms with E-state index in [1.165, 1.54) is 23.0 Å². The second-order valence-electron chi connectivity index (χ2n) is 7.41. The monoisotopic (exact) mass is 410 g/mol. The van der Waals surface area contributed by atoms with Crippen LogP contribution in [0.1, 0.15) is 24.0 Å². The van der Waals surface area contributed by atoms with Crippen LogP contribution in [0.5, 0.6) is 0 Å². The molecule has 0 atom stereocenters. The molecule has 2 aromatic carbocycles. The third-order valence-corrected chi connectivity index (χ3v) is 6.15. The second-order valence-corrected chi connectivity index (χ2v) is 8.39. The summed E-state index contributed by atoms with van der Waals surface area (Å²) in [5, 5.41) is 12.5. The highest BCUT2D eigenvalue weighted by molar-refractivity contribution is 7.18. The van der Waals surface area contributed by atoms with Gasteiger partial charge in [0.2, 0.25) is 11.0 Å². The van der Waals surface area contributed by atoms with Gasteiger partial charge in [0.1, 0.15) is 10.8 Å². The molecule has 0 aliphatic carbocycles. The molecular formula is C22H23FN4OS. The molecule has 0 bridgehead atoms. The number of benzene rings is 2. The zero-order valence-electron chi connectivity index (χ0n) is 16.3. The van der Waals surface area contributed by atoms with Gasteiger partial charge < -0.3 is 5.32 Å². The van der Waals surface area contributed by atoms with Gasteiger partial charge in [-0.2, -0.15) is 0 Å². The molecule has 5 nitrogen and oxygen atoms in total. The number of aryl methyl sites for hydroxylation is 1. The minimum absolute atomic E-state index is 0.0119. The Hall–Kier alpha value is -2.64. The molecule has 0 saturated carbocycles. The van der Waals surface area contributed by atoms with Crippen LogP contribution in [-0.2, 0) is 11.3 Å². The molecule has 0 unspecified atom stereocenters. The van der Waals surface area contributed by atoms with Gasteiger partial charge >= 0.3 is 0 Å². The summed E-state index contributed by atoms with van der Waals surface area (Å²) in [6.07, 6.45) is 1.51. The average Bonchev–Trinajstić information content (AvgIpc) is 3.19. The van der Waals surface area contributed by atoms with Crippen LogP contribution >= 0.6 is 11.3 Å². The van der Waals surface area contributed by atoms with Crippen LogP contribution in [0, 0.1) is 18.7 Å². The van der Waals surface area contributed by atoms with Crippen LogP contribution in [0.15, 0.2) is 48.5 Å². The predicted octanol–water partition coefficient (Wildman–Crippen LogP) is 4.50. The Labute approximate surface area is 173 Å². The number of piperidine rings is 1. The van der Waals surface area contributed by atoms with Crippen molar-refractivity contribution in [2.75, 3.05) is 18.4 Å². The van der Waals surface area contributed by atoms with E-state index in [-0.39, 0.29) is 17.6 Å². The van der Waals surface area contributed by atoms with Crippen LogP contribution in [0.25, 0.3) is 10.6 Å². The molecule has 1 amide bonds. The largest absolute Gasteiger partial charge is 0.300 e. The van der Waals surface area contributed by atoms with Crippen molar-refractivity contribution < 1.29 is 9.18 Å². The number of carbonyl (C=O) groups excluding carboxylic acids is 1. The number of aromatic nitrogens is 2. The number of rotatable bonds is 5. The molecule has 2 heterocycles. The number of hydrogen-bond acceptors (Lipinski definition) is 5. The summed E-state index contributed by atoms with van der Waals surface area (Å²) in [5.41, 5.74) is 2.89. The number of nitrogens with zero attached hydrogens (tertiary/aromatic N) is 3. The Morgan fingerprint density at radius 3 is 2.59 bits per heavy atom. The van der Waals surface area contributed by atoms with Crippen LogP contribution in [0.2, 0.25) is 0 Å². The van der Waals surface area contributed by atoms with Gasteiger partial charge in [-0.1, -0.05) is 59.4 Å². The smallest absolute Gasteiger partial charge is 0.229 e. The van der Waals surface area contributed by atoms with E-state index in [4.69, 9.17) is 0 Å². The van der Waals surface area contributed by atoms with Crippen molar-refractivity contribution in [3.63, 3.8) is 0 Å². The first-order valence-electron chi connectivity index (χ1n) is 9.75. The van der Waals surface area contributed by atoms with Crippen molar-refractivity contribution in [1.82, 2.24) is 15.1 Å². The molecule has 0 radical (unpaired) electrons. The standard InChI is InChI=1S/C22H23FN4OS/c1-15-6-8-17(9-7-15)21-25-26-22(29-21)24-20(28)16-10-12-27(13-11-16)14-18-4-2-3-5-19(18)23/h2-9,16H,10-14H2,1H3,(H,24,26,28). The number of anilines is 1. The van der Waals surface area contributed by atoms with Gasteiger partial charge in [0.05, 0.1) is 0 Å². The Balaban J connectivity index is 1.30. The average molecular weight is 411 g/mol. The number of likely N-dealkylation sites (tertiary alicyclic amines) is 1. The number of nitrogens with one attached hydrogen (secondary N) is 1. The van der Waals surface area contributed by atoms with Crippen LogP contribution in [0.4, 0.5) is 9.52 Å². The van der Waals surface area contributed by atoms with Crippen molar-refractivity contribution >= 4 is 22.4 Å². The fraction of sp³-hybridized carbons (Fsp3) is 0.318. The topological polar surface area (TPSA) is 58.1 Å². The first-order chi connectivity index (χ1) is 14.1. The summed E-state index contributed by atoms with van der Waals surface area (Å²) in [5.74, 6) is -0.242. The molecule has 1 saturated heterocycles. The Morgan fingerprint density at radius 2 is 1.86 bits per heavy atom. The van der Waals surface area contributed by atoms with Crippen molar-refractivity contribution in [1.29, 1.82) is 0 Å². The molecular weight excluding hydrogens is 387 g/mol. The van der Waals surface area contributed by atoms with Gasteiger partial charge in [0.15, 0.2) is 0 Å². The third-order valence-electron chi connectivity index (χ3n) is 5.26. The first kappa shape index (κ1) is 19.7. The third kappa shape index (κ3) is 4.86. The maximum atomic E-state index is 13.8. The van der Waals surface area contributed by atoms with Crippen LogP contribution in [0.3, 0.4) is 0 Å². The highest BCUT2D eigenvalue weighted by atomic mass is 32.1. The predicted molar refractivity (Wildman–Crippen MR) is 113 cm³/mol. The molecule has 1 aliphatic heterocycles. The molecule has 7 heteroatoms. The maximum Gasteiger partial charge on any atom is 0.229 e. The second kappa shape index (κ2) is 8.80. The van der Waals surface area contributed by atoms with Crippen molar-refractivity contribution in [3.8, 4) is 10.6 Å². The summed E-state index contributed by atoms with van der Waals surface area (Å²) in [6, 6.07) is 14.9. The molecule has 1 aliphatic rings. The molecule has 150 valence electrons. The van der Waals surface area contributed by atoms with Gasteiger partial charge in [0, 0.05) is 23.6 Å². The summed E-state index contributed by atoms with van der Waals surface area (Å²) in [7, 11) is 0. The van der Waals surface area contributed by atoms with Crippen LogP contribution < -0.4 is 5.32 Å². The zero-order chi connectivity index (χ0) is 20.2. The molecule has 1 fully saturated rings. The summed E-state index contributed by atoms with van der Waals surface area (Å²) >= 11 is 1.38. The van der Waals surface area contributed by atoms with Crippen LogP contribution in [-0.4, -0.2) is 34.1 Å². The van der Waals surface area contributed by atoms with E-state index in [9.17, 15) is 9.18 Å². The molecule has 1 N–H and O–H groups in total. The minimum Gasteiger partial charge on any atom is -0.300 e. The van der Waals surface area contributed by atoms with Gasteiger partial charge in [-0.25, -0.2) is 4.39 Å². The molecule has 4 rings (SSSR count). The summed E-state index contributed by atoms with van der Waals surface area (Å²) < 4.78 is 13.8. The van der Waals surface area contributed by atoms with E-state index < -0.39 is 0 Å². The van der Waals surface area contributed by atoms with Gasteiger partial charge in [-0.3, -0.25) is 9.69 Å². The summed E-state index contributed by atoms with van der Waals surface area (Å²) in [6.45, 7) is 4.17. The van der Waals surface area contributed by atoms with Crippen molar-refractivity contribution in [3.05, 3.63) is 65.5 Å².